The molecule has 2 N–H and O–H groups in total. The van der Waals surface area contributed by atoms with Gasteiger partial charge in [-0.3, -0.25) is 4.79 Å². The molecule has 0 bridgehead atoms. The van der Waals surface area contributed by atoms with Crippen molar-refractivity contribution in [3.63, 3.8) is 0 Å². The number of hydrogen-bond acceptors (Lipinski definition) is 3. The molecule has 0 fully saturated rings. The molecule has 1 heterocycles. The summed E-state index contributed by atoms with van der Waals surface area (Å²) in [5.74, 6) is -0.0984. The average molecular weight is 360 g/mol. The van der Waals surface area contributed by atoms with Crippen LogP contribution >= 0.6 is 38.9 Å². The van der Waals surface area contributed by atoms with Gasteiger partial charge in [-0.1, -0.05) is 11.6 Å². The first kappa shape index (κ1) is 14.4. The van der Waals surface area contributed by atoms with Crippen LogP contribution in [0.15, 0.2) is 34.1 Å². The fourth-order valence-corrected chi connectivity index (χ4v) is 3.45. The van der Waals surface area contributed by atoms with Gasteiger partial charge in [0.1, 0.15) is 0 Å². The van der Waals surface area contributed by atoms with Gasteiger partial charge in [0, 0.05) is 38.1 Å². The molecule has 3 nitrogen and oxygen atoms in total. The van der Waals surface area contributed by atoms with Crippen LogP contribution in [0.3, 0.4) is 0 Å². The summed E-state index contributed by atoms with van der Waals surface area (Å²) in [6.07, 6.45) is 0. The van der Waals surface area contributed by atoms with Crippen LogP contribution in [0.25, 0.3) is 0 Å². The molecule has 1 aromatic carbocycles. The Labute approximate surface area is 129 Å². The van der Waals surface area contributed by atoms with Gasteiger partial charge in [-0.05, 0) is 40.2 Å². The van der Waals surface area contributed by atoms with E-state index < -0.39 is 0 Å². The van der Waals surface area contributed by atoms with Crippen molar-refractivity contribution >= 4 is 50.5 Å². The molecule has 100 valence electrons. The van der Waals surface area contributed by atoms with Crippen molar-refractivity contribution in [1.29, 1.82) is 0 Å². The van der Waals surface area contributed by atoms with Crippen LogP contribution in [-0.4, -0.2) is 17.9 Å². The Hall–Kier alpha value is -1.04. The lowest BCUT2D eigenvalue weighted by Crippen LogP contribution is -2.25. The van der Waals surface area contributed by atoms with Gasteiger partial charge in [0.05, 0.1) is 6.54 Å². The molecule has 1 aromatic heterocycles. The molecular weight excluding hydrogens is 348 g/mol. The number of anilines is 1. The summed E-state index contributed by atoms with van der Waals surface area (Å²) < 4.78 is 1.03. The van der Waals surface area contributed by atoms with Crippen molar-refractivity contribution in [1.82, 2.24) is 4.90 Å². The van der Waals surface area contributed by atoms with Crippen LogP contribution in [0, 0.1) is 0 Å². The Morgan fingerprint density at radius 1 is 1.42 bits per heavy atom. The van der Waals surface area contributed by atoms with Gasteiger partial charge in [0.15, 0.2) is 0 Å². The second-order valence-electron chi connectivity index (χ2n) is 4.17. The van der Waals surface area contributed by atoms with Crippen LogP contribution in [-0.2, 0) is 6.54 Å². The van der Waals surface area contributed by atoms with Gasteiger partial charge in [0.25, 0.3) is 5.91 Å². The molecule has 0 aliphatic rings. The molecule has 0 atom stereocenters. The summed E-state index contributed by atoms with van der Waals surface area (Å²) in [5.41, 5.74) is 6.69. The molecule has 19 heavy (non-hydrogen) atoms. The fourth-order valence-electron chi connectivity index (χ4n) is 1.70. The summed E-state index contributed by atoms with van der Waals surface area (Å²) in [7, 11) is 1.76. The summed E-state index contributed by atoms with van der Waals surface area (Å²) in [5, 5.41) is 2.46. The number of halogens is 2. The Bertz CT molecular complexity index is 594. The van der Waals surface area contributed by atoms with E-state index in [1.165, 1.54) is 0 Å². The predicted octanol–water partition coefficient (Wildman–Crippen LogP) is 4.02. The van der Waals surface area contributed by atoms with E-state index >= 15 is 0 Å². The fraction of sp³-hybridized carbons (Fsp3) is 0.154. The van der Waals surface area contributed by atoms with Crippen molar-refractivity contribution in [2.45, 2.75) is 6.54 Å². The highest BCUT2D eigenvalue weighted by Gasteiger charge is 2.14. The van der Waals surface area contributed by atoms with E-state index in [4.69, 9.17) is 17.3 Å². The van der Waals surface area contributed by atoms with Crippen molar-refractivity contribution < 1.29 is 4.79 Å². The lowest BCUT2D eigenvalue weighted by Gasteiger charge is -2.16. The number of carbonyl (C=O) groups is 1. The molecule has 0 saturated heterocycles. The van der Waals surface area contributed by atoms with Crippen LogP contribution in [0.4, 0.5) is 5.69 Å². The first-order chi connectivity index (χ1) is 8.95. The minimum Gasteiger partial charge on any atom is -0.399 e. The van der Waals surface area contributed by atoms with Crippen LogP contribution < -0.4 is 5.73 Å². The maximum absolute atomic E-state index is 12.3. The van der Waals surface area contributed by atoms with Crippen molar-refractivity contribution in [3.05, 3.63) is 49.6 Å². The van der Waals surface area contributed by atoms with Crippen molar-refractivity contribution in [3.8, 4) is 0 Å². The molecule has 0 aliphatic heterocycles. The van der Waals surface area contributed by atoms with Gasteiger partial charge >= 0.3 is 0 Å². The highest BCUT2D eigenvalue weighted by atomic mass is 79.9. The lowest BCUT2D eigenvalue weighted by molar-refractivity contribution is 0.0786. The predicted molar refractivity (Wildman–Crippen MR) is 83.7 cm³/mol. The molecule has 2 rings (SSSR count). The SMILES string of the molecule is CN(Cc1cc(Br)cs1)C(=O)c1cc(N)cc(Cl)c1. The van der Waals surface area contributed by atoms with Crippen LogP contribution in [0.5, 0.6) is 0 Å². The minimum absolute atomic E-state index is 0.0984. The van der Waals surface area contributed by atoms with E-state index in [-0.39, 0.29) is 5.91 Å². The maximum atomic E-state index is 12.3. The second kappa shape index (κ2) is 5.94. The number of amides is 1. The van der Waals surface area contributed by atoms with Gasteiger partial charge < -0.3 is 10.6 Å². The largest absolute Gasteiger partial charge is 0.399 e. The third kappa shape index (κ3) is 3.72. The first-order valence-electron chi connectivity index (χ1n) is 5.50. The molecule has 2 aromatic rings. The number of thiophene rings is 1. The standard InChI is InChI=1S/C13H12BrClN2OS/c1-17(6-12-4-9(14)7-19-12)13(18)8-2-10(15)5-11(16)3-8/h2-5,7H,6,16H2,1H3. The molecule has 0 radical (unpaired) electrons. The smallest absolute Gasteiger partial charge is 0.254 e. The molecule has 0 saturated carbocycles. The number of rotatable bonds is 3. The van der Waals surface area contributed by atoms with Gasteiger partial charge in [0.2, 0.25) is 0 Å². The van der Waals surface area contributed by atoms with Crippen molar-refractivity contribution in [2.75, 3.05) is 12.8 Å². The zero-order valence-corrected chi connectivity index (χ0v) is 13.3. The number of nitrogens with two attached hydrogens (primary N) is 1. The Balaban J connectivity index is 2.14. The summed E-state index contributed by atoms with van der Waals surface area (Å²) >= 11 is 10.9. The molecular formula is C13H12BrClN2OS. The van der Waals surface area contributed by atoms with Gasteiger partial charge in [-0.15, -0.1) is 11.3 Å². The van der Waals surface area contributed by atoms with Gasteiger partial charge in [-0.2, -0.15) is 0 Å². The topological polar surface area (TPSA) is 46.3 Å². The van der Waals surface area contributed by atoms with E-state index in [0.29, 0.717) is 22.8 Å². The number of nitrogen functional groups attached to an aromatic ring is 1. The minimum atomic E-state index is -0.0984. The summed E-state index contributed by atoms with van der Waals surface area (Å²) in [6.45, 7) is 0.557. The van der Waals surface area contributed by atoms with Crippen molar-refractivity contribution in [2.24, 2.45) is 0 Å². The van der Waals surface area contributed by atoms with E-state index in [1.807, 2.05) is 11.4 Å². The molecule has 6 heteroatoms. The highest BCUT2D eigenvalue weighted by molar-refractivity contribution is 9.10. The quantitative estimate of drug-likeness (QED) is 0.841. The molecule has 0 unspecified atom stereocenters. The van der Waals surface area contributed by atoms with E-state index in [9.17, 15) is 4.79 Å². The number of carbonyl (C=O) groups excluding carboxylic acids is 1. The van der Waals surface area contributed by atoms with E-state index in [2.05, 4.69) is 15.9 Å². The number of nitrogens with zero attached hydrogens (tertiary/aromatic N) is 1. The average Bonchev–Trinajstić information content (AvgIpc) is 2.72. The Morgan fingerprint density at radius 2 is 2.16 bits per heavy atom. The number of benzene rings is 1. The number of hydrogen-bond donors (Lipinski definition) is 1. The monoisotopic (exact) mass is 358 g/mol. The third-order valence-corrected chi connectivity index (χ3v) is 4.43. The van der Waals surface area contributed by atoms with Crippen LogP contribution in [0.1, 0.15) is 15.2 Å². The Morgan fingerprint density at radius 3 is 2.74 bits per heavy atom. The third-order valence-electron chi connectivity index (χ3n) is 2.53. The normalized spacial score (nSPS) is 10.5. The second-order valence-corrected chi connectivity index (χ2v) is 6.51. The summed E-state index contributed by atoms with van der Waals surface area (Å²) in [6, 6.07) is 6.88. The zero-order chi connectivity index (χ0) is 14.0. The van der Waals surface area contributed by atoms with E-state index in [1.54, 1.807) is 41.5 Å². The van der Waals surface area contributed by atoms with E-state index in [0.717, 1.165) is 9.35 Å². The molecule has 0 spiro atoms. The zero-order valence-electron chi connectivity index (χ0n) is 10.2. The van der Waals surface area contributed by atoms with Crippen LogP contribution in [0.2, 0.25) is 5.02 Å². The summed E-state index contributed by atoms with van der Waals surface area (Å²) in [4.78, 5) is 15.0. The molecule has 1 amide bonds. The maximum Gasteiger partial charge on any atom is 0.254 e. The lowest BCUT2D eigenvalue weighted by atomic mass is 10.2. The van der Waals surface area contributed by atoms with Gasteiger partial charge in [-0.25, -0.2) is 0 Å². The highest BCUT2D eigenvalue weighted by Crippen LogP contribution is 2.22. The first-order valence-corrected chi connectivity index (χ1v) is 7.55. The Kier molecular flexibility index (Phi) is 4.50. The molecule has 0 aliphatic carbocycles.